The zero-order valence-corrected chi connectivity index (χ0v) is 12.4. The van der Waals surface area contributed by atoms with Crippen LogP contribution in [0, 0.1) is 6.92 Å². The van der Waals surface area contributed by atoms with Crippen molar-refractivity contribution in [3.05, 3.63) is 23.8 Å². The number of phenols is 1. The van der Waals surface area contributed by atoms with Crippen LogP contribution in [0.5, 0.6) is 5.75 Å². The van der Waals surface area contributed by atoms with Gasteiger partial charge in [0, 0.05) is 19.7 Å². The van der Waals surface area contributed by atoms with Gasteiger partial charge in [0.1, 0.15) is 11.4 Å². The first-order valence-corrected chi connectivity index (χ1v) is 6.56. The van der Waals surface area contributed by atoms with E-state index in [1.165, 1.54) is 0 Å². The molecule has 1 N–H and O–H groups in total. The first-order valence-electron chi connectivity index (χ1n) is 6.56. The third kappa shape index (κ3) is 3.07. The van der Waals surface area contributed by atoms with E-state index >= 15 is 0 Å². The maximum absolute atomic E-state index is 12.6. The molecule has 1 atom stereocenters. The molecule has 0 fully saturated rings. The average Bonchev–Trinajstić information content (AvgIpc) is 2.42. The summed E-state index contributed by atoms with van der Waals surface area (Å²) in [6.45, 7) is 8.07. The molecule has 106 valence electrons. The van der Waals surface area contributed by atoms with E-state index in [-0.39, 0.29) is 11.7 Å². The second-order valence-corrected chi connectivity index (χ2v) is 4.81. The molecule has 0 spiro atoms. The van der Waals surface area contributed by atoms with Gasteiger partial charge in [-0.1, -0.05) is 13.0 Å². The van der Waals surface area contributed by atoms with E-state index in [1.807, 2.05) is 20.8 Å². The number of hydrogen-bond acceptors (Lipinski definition) is 3. The predicted octanol–water partition coefficient (Wildman–Crippen LogP) is 2.87. The Morgan fingerprint density at radius 3 is 2.53 bits per heavy atom. The number of rotatable bonds is 5. The second-order valence-electron chi connectivity index (χ2n) is 4.81. The molecule has 0 aromatic heterocycles. The molecule has 1 aromatic carbocycles. The maximum atomic E-state index is 12.6. The lowest BCUT2D eigenvalue weighted by Crippen LogP contribution is -2.48. The molecule has 1 unspecified atom stereocenters. The van der Waals surface area contributed by atoms with Gasteiger partial charge in [-0.15, -0.1) is 0 Å². The van der Waals surface area contributed by atoms with Crippen LogP contribution in [0.15, 0.2) is 18.2 Å². The van der Waals surface area contributed by atoms with Crippen LogP contribution in [0.3, 0.4) is 0 Å². The lowest BCUT2D eigenvalue weighted by molar-refractivity contribution is -0.138. The van der Waals surface area contributed by atoms with Crippen LogP contribution in [0.1, 0.15) is 32.8 Å². The van der Waals surface area contributed by atoms with Crippen molar-refractivity contribution in [2.75, 3.05) is 18.6 Å². The van der Waals surface area contributed by atoms with E-state index in [2.05, 4.69) is 0 Å². The van der Waals surface area contributed by atoms with Gasteiger partial charge in [-0.25, -0.2) is 0 Å². The molecule has 0 aliphatic heterocycles. The summed E-state index contributed by atoms with van der Waals surface area (Å²) in [6, 6.07) is 5.03. The minimum absolute atomic E-state index is 0.0892. The SMILES string of the molecule is CCN(C(=O)C(C)(CC)OC)c1cc(O)ccc1C. The molecule has 1 rings (SSSR count). The summed E-state index contributed by atoms with van der Waals surface area (Å²) >= 11 is 0. The van der Waals surface area contributed by atoms with Crippen LogP contribution < -0.4 is 4.90 Å². The summed E-state index contributed by atoms with van der Waals surface area (Å²) in [5.74, 6) is 0.0659. The highest BCUT2D eigenvalue weighted by Gasteiger charge is 2.35. The summed E-state index contributed by atoms with van der Waals surface area (Å²) < 4.78 is 5.37. The fourth-order valence-corrected chi connectivity index (χ4v) is 1.98. The van der Waals surface area contributed by atoms with Crippen molar-refractivity contribution in [1.82, 2.24) is 0 Å². The van der Waals surface area contributed by atoms with Crippen LogP contribution in [0.4, 0.5) is 5.69 Å². The van der Waals surface area contributed by atoms with Gasteiger partial charge in [0.25, 0.3) is 5.91 Å². The predicted molar refractivity (Wildman–Crippen MR) is 76.6 cm³/mol. The first-order chi connectivity index (χ1) is 8.89. The molecule has 19 heavy (non-hydrogen) atoms. The summed E-state index contributed by atoms with van der Waals surface area (Å²) in [4.78, 5) is 14.3. The number of benzene rings is 1. The molecule has 4 heteroatoms. The summed E-state index contributed by atoms with van der Waals surface area (Å²) in [6.07, 6.45) is 0.594. The Labute approximate surface area is 115 Å². The number of amides is 1. The van der Waals surface area contributed by atoms with E-state index in [9.17, 15) is 9.90 Å². The molecule has 0 aliphatic carbocycles. The molecule has 1 aromatic rings. The van der Waals surface area contributed by atoms with Gasteiger partial charge < -0.3 is 14.7 Å². The standard InChI is InChI=1S/C15H23NO3/c1-6-15(4,19-5)14(18)16(7-2)13-10-12(17)9-8-11(13)3/h8-10,17H,6-7H2,1-5H3. The van der Waals surface area contributed by atoms with Gasteiger partial charge in [0.2, 0.25) is 0 Å². The van der Waals surface area contributed by atoms with Crippen molar-refractivity contribution < 1.29 is 14.6 Å². The third-order valence-electron chi connectivity index (χ3n) is 3.62. The molecular weight excluding hydrogens is 242 g/mol. The Kier molecular flexibility index (Phi) is 4.95. The van der Waals surface area contributed by atoms with Gasteiger partial charge in [0.05, 0.1) is 5.69 Å². The van der Waals surface area contributed by atoms with Crippen molar-refractivity contribution in [1.29, 1.82) is 0 Å². The average molecular weight is 265 g/mol. The second kappa shape index (κ2) is 6.06. The summed E-state index contributed by atoms with van der Waals surface area (Å²) in [7, 11) is 1.55. The minimum atomic E-state index is -0.839. The number of likely N-dealkylation sites (N-methyl/N-ethyl adjacent to an activating group) is 1. The number of phenolic OH excluding ortho intramolecular Hbond substituents is 1. The van der Waals surface area contributed by atoms with Crippen LogP contribution in [0.2, 0.25) is 0 Å². The Balaban J connectivity index is 3.20. The molecule has 4 nitrogen and oxygen atoms in total. The molecular formula is C15H23NO3. The van der Waals surface area contributed by atoms with E-state index in [1.54, 1.807) is 37.1 Å². The molecule has 0 radical (unpaired) electrons. The highest BCUT2D eigenvalue weighted by atomic mass is 16.5. The number of hydrogen-bond donors (Lipinski definition) is 1. The Morgan fingerprint density at radius 1 is 1.42 bits per heavy atom. The smallest absolute Gasteiger partial charge is 0.258 e. The lowest BCUT2D eigenvalue weighted by Gasteiger charge is -2.33. The molecule has 0 bridgehead atoms. The summed E-state index contributed by atoms with van der Waals surface area (Å²) in [5, 5.41) is 9.61. The number of methoxy groups -OCH3 is 1. The number of aromatic hydroxyl groups is 1. The monoisotopic (exact) mass is 265 g/mol. The van der Waals surface area contributed by atoms with Crippen molar-refractivity contribution in [2.24, 2.45) is 0 Å². The van der Waals surface area contributed by atoms with E-state index in [4.69, 9.17) is 4.74 Å². The van der Waals surface area contributed by atoms with Gasteiger partial charge in [0.15, 0.2) is 0 Å². The van der Waals surface area contributed by atoms with Crippen LogP contribution >= 0.6 is 0 Å². The van der Waals surface area contributed by atoms with Crippen LogP contribution in [-0.2, 0) is 9.53 Å². The summed E-state index contributed by atoms with van der Waals surface area (Å²) in [5.41, 5.74) is 0.834. The van der Waals surface area contributed by atoms with Crippen LogP contribution in [0.25, 0.3) is 0 Å². The van der Waals surface area contributed by atoms with Crippen molar-refractivity contribution in [2.45, 2.75) is 39.7 Å². The Hall–Kier alpha value is -1.55. The fourth-order valence-electron chi connectivity index (χ4n) is 1.98. The Morgan fingerprint density at radius 2 is 2.05 bits per heavy atom. The van der Waals surface area contributed by atoms with Gasteiger partial charge in [-0.3, -0.25) is 4.79 Å². The van der Waals surface area contributed by atoms with Gasteiger partial charge in [-0.2, -0.15) is 0 Å². The highest BCUT2D eigenvalue weighted by Crippen LogP contribution is 2.28. The molecule has 0 saturated carbocycles. The number of anilines is 1. The molecule has 0 saturated heterocycles. The zero-order valence-electron chi connectivity index (χ0n) is 12.4. The number of carbonyl (C=O) groups excluding carboxylic acids is 1. The number of nitrogens with zero attached hydrogens (tertiary/aromatic N) is 1. The van der Waals surface area contributed by atoms with E-state index < -0.39 is 5.60 Å². The molecule has 0 heterocycles. The van der Waals surface area contributed by atoms with Crippen molar-refractivity contribution in [3.8, 4) is 5.75 Å². The first kappa shape index (κ1) is 15.5. The largest absolute Gasteiger partial charge is 0.508 e. The third-order valence-corrected chi connectivity index (χ3v) is 3.62. The molecule has 1 amide bonds. The zero-order chi connectivity index (χ0) is 14.6. The fraction of sp³-hybridized carbons (Fsp3) is 0.533. The van der Waals surface area contributed by atoms with Gasteiger partial charge >= 0.3 is 0 Å². The highest BCUT2D eigenvalue weighted by molar-refractivity contribution is 5.99. The number of ether oxygens (including phenoxy) is 1. The quantitative estimate of drug-likeness (QED) is 0.890. The maximum Gasteiger partial charge on any atom is 0.258 e. The van der Waals surface area contributed by atoms with Crippen molar-refractivity contribution in [3.63, 3.8) is 0 Å². The topological polar surface area (TPSA) is 49.8 Å². The lowest BCUT2D eigenvalue weighted by atomic mass is 10.00. The minimum Gasteiger partial charge on any atom is -0.508 e. The normalized spacial score (nSPS) is 13.9. The number of aryl methyl sites for hydroxylation is 1. The van der Waals surface area contributed by atoms with Gasteiger partial charge in [-0.05, 0) is 38.8 Å². The van der Waals surface area contributed by atoms with Crippen molar-refractivity contribution >= 4 is 11.6 Å². The van der Waals surface area contributed by atoms with Crippen LogP contribution in [-0.4, -0.2) is 30.3 Å². The number of carbonyl (C=O) groups is 1. The van der Waals surface area contributed by atoms with E-state index in [0.717, 1.165) is 11.3 Å². The molecule has 0 aliphatic rings. The Bertz CT molecular complexity index is 453. The van der Waals surface area contributed by atoms with E-state index in [0.29, 0.717) is 13.0 Å².